The van der Waals surface area contributed by atoms with Crippen molar-refractivity contribution in [1.82, 2.24) is 0 Å². The number of nitrogens with zero attached hydrogens (tertiary/aromatic N) is 1. The quantitative estimate of drug-likeness (QED) is 0.850. The first kappa shape index (κ1) is 12.0. The molecule has 1 fully saturated rings. The summed E-state index contributed by atoms with van der Waals surface area (Å²) < 4.78 is 0. The van der Waals surface area contributed by atoms with Gasteiger partial charge in [-0.15, -0.1) is 0 Å². The van der Waals surface area contributed by atoms with Crippen molar-refractivity contribution in [2.45, 2.75) is 6.42 Å². The smallest absolute Gasteiger partial charge is 0.0724 e. The minimum absolute atomic E-state index is 0.472. The predicted molar refractivity (Wildman–Crippen MR) is 66.9 cm³/mol. The number of rotatable bonds is 3. The van der Waals surface area contributed by atoms with Crippen molar-refractivity contribution in [3.05, 3.63) is 28.2 Å². The van der Waals surface area contributed by atoms with Crippen LogP contribution in [0.3, 0.4) is 0 Å². The maximum atomic E-state index is 6.14. The molecule has 1 saturated heterocycles. The van der Waals surface area contributed by atoms with Gasteiger partial charge in [0.2, 0.25) is 0 Å². The van der Waals surface area contributed by atoms with Gasteiger partial charge in [0, 0.05) is 24.0 Å². The van der Waals surface area contributed by atoms with Crippen LogP contribution in [0.25, 0.3) is 0 Å². The van der Waals surface area contributed by atoms with E-state index < -0.39 is 0 Å². The predicted octanol–water partition coefficient (Wildman–Crippen LogP) is 2.71. The van der Waals surface area contributed by atoms with E-state index in [0.717, 1.165) is 30.2 Å². The number of hydrogen-bond donors (Lipinski definition) is 1. The van der Waals surface area contributed by atoms with E-state index in [2.05, 4.69) is 9.74 Å². The maximum Gasteiger partial charge on any atom is 0.0724 e. The van der Waals surface area contributed by atoms with Crippen LogP contribution >= 0.6 is 23.2 Å². The third-order valence-corrected chi connectivity index (χ3v) is 3.42. The van der Waals surface area contributed by atoms with Crippen LogP contribution < -0.4 is 10.8 Å². The highest BCUT2D eigenvalue weighted by Crippen LogP contribution is 2.32. The fourth-order valence-corrected chi connectivity index (χ4v) is 2.46. The standard InChI is InChI=1S/C11H14Cl2N2O/c12-9-1-2-10(13)11(5-9)15-4-3-8(6-15)7-16-14/h1-2,5,8H,3-4,6-7,14H2. The fraction of sp³-hybridized carbons (Fsp3) is 0.455. The zero-order valence-electron chi connectivity index (χ0n) is 8.83. The van der Waals surface area contributed by atoms with Crippen LogP contribution in [-0.2, 0) is 4.84 Å². The van der Waals surface area contributed by atoms with E-state index in [1.807, 2.05) is 12.1 Å². The van der Waals surface area contributed by atoms with Crippen molar-refractivity contribution in [1.29, 1.82) is 0 Å². The van der Waals surface area contributed by atoms with Gasteiger partial charge in [0.15, 0.2) is 0 Å². The minimum atomic E-state index is 0.472. The van der Waals surface area contributed by atoms with Crippen LogP contribution in [0.15, 0.2) is 18.2 Å². The number of hydrogen-bond acceptors (Lipinski definition) is 3. The van der Waals surface area contributed by atoms with Crippen molar-refractivity contribution in [3.63, 3.8) is 0 Å². The van der Waals surface area contributed by atoms with Gasteiger partial charge in [-0.2, -0.15) is 0 Å². The van der Waals surface area contributed by atoms with Gasteiger partial charge in [-0.3, -0.25) is 0 Å². The number of anilines is 1. The van der Waals surface area contributed by atoms with E-state index in [4.69, 9.17) is 29.1 Å². The molecule has 0 bridgehead atoms. The van der Waals surface area contributed by atoms with Crippen LogP contribution in [0.5, 0.6) is 0 Å². The lowest BCUT2D eigenvalue weighted by molar-refractivity contribution is 0.108. The number of nitrogens with two attached hydrogens (primary N) is 1. The molecule has 1 aliphatic rings. The van der Waals surface area contributed by atoms with Crippen molar-refractivity contribution < 1.29 is 4.84 Å². The van der Waals surface area contributed by atoms with Crippen molar-refractivity contribution in [2.75, 3.05) is 24.6 Å². The largest absolute Gasteiger partial charge is 0.370 e. The summed E-state index contributed by atoms with van der Waals surface area (Å²) in [7, 11) is 0. The van der Waals surface area contributed by atoms with Gasteiger partial charge in [-0.1, -0.05) is 23.2 Å². The van der Waals surface area contributed by atoms with Crippen LogP contribution in [0, 0.1) is 5.92 Å². The SMILES string of the molecule is NOCC1CCN(c2cc(Cl)ccc2Cl)C1. The Morgan fingerprint density at radius 3 is 3.00 bits per heavy atom. The molecule has 2 N–H and O–H groups in total. The van der Waals surface area contributed by atoms with E-state index >= 15 is 0 Å². The van der Waals surface area contributed by atoms with Gasteiger partial charge in [0.25, 0.3) is 0 Å². The first-order valence-corrected chi connectivity index (χ1v) is 5.98. The maximum absolute atomic E-state index is 6.14. The van der Waals surface area contributed by atoms with Gasteiger partial charge in [0.1, 0.15) is 0 Å². The number of benzene rings is 1. The van der Waals surface area contributed by atoms with E-state index in [0.29, 0.717) is 17.5 Å². The lowest BCUT2D eigenvalue weighted by Gasteiger charge is -2.20. The second kappa shape index (κ2) is 5.23. The molecule has 3 nitrogen and oxygen atoms in total. The summed E-state index contributed by atoms with van der Waals surface area (Å²) >= 11 is 12.1. The molecule has 1 aliphatic heterocycles. The average molecular weight is 261 g/mol. The molecule has 0 saturated carbocycles. The van der Waals surface area contributed by atoms with Crippen LogP contribution in [0.1, 0.15) is 6.42 Å². The Balaban J connectivity index is 2.11. The first-order chi connectivity index (χ1) is 7.70. The summed E-state index contributed by atoms with van der Waals surface area (Å²) in [5, 5.41) is 1.44. The molecule has 1 heterocycles. The third kappa shape index (κ3) is 2.61. The van der Waals surface area contributed by atoms with Gasteiger partial charge < -0.3 is 9.74 Å². The normalized spacial score (nSPS) is 20.4. The molecule has 88 valence electrons. The lowest BCUT2D eigenvalue weighted by atomic mass is 10.1. The van der Waals surface area contributed by atoms with Gasteiger partial charge in [-0.25, -0.2) is 5.90 Å². The molecule has 0 spiro atoms. The minimum Gasteiger partial charge on any atom is -0.370 e. The molecule has 0 aromatic heterocycles. The highest BCUT2D eigenvalue weighted by Gasteiger charge is 2.24. The van der Waals surface area contributed by atoms with E-state index in [-0.39, 0.29) is 0 Å². The molecule has 1 aromatic rings. The van der Waals surface area contributed by atoms with Crippen molar-refractivity contribution in [3.8, 4) is 0 Å². The van der Waals surface area contributed by atoms with Gasteiger partial charge in [-0.05, 0) is 24.6 Å². The summed E-state index contributed by atoms with van der Waals surface area (Å²) in [4.78, 5) is 6.90. The summed E-state index contributed by atoms with van der Waals surface area (Å²) in [6, 6.07) is 5.52. The van der Waals surface area contributed by atoms with Crippen LogP contribution in [-0.4, -0.2) is 19.7 Å². The first-order valence-electron chi connectivity index (χ1n) is 5.22. The van der Waals surface area contributed by atoms with Crippen LogP contribution in [0.4, 0.5) is 5.69 Å². The highest BCUT2D eigenvalue weighted by atomic mass is 35.5. The van der Waals surface area contributed by atoms with E-state index in [1.165, 1.54) is 0 Å². The second-order valence-corrected chi connectivity index (χ2v) is 4.87. The molecule has 1 aromatic carbocycles. The van der Waals surface area contributed by atoms with Crippen molar-refractivity contribution in [2.24, 2.45) is 11.8 Å². The Labute approximate surface area is 105 Å². The Kier molecular flexibility index (Phi) is 3.92. The van der Waals surface area contributed by atoms with E-state index in [9.17, 15) is 0 Å². The molecule has 0 aliphatic carbocycles. The fourth-order valence-electron chi connectivity index (χ4n) is 2.05. The molecule has 1 unspecified atom stereocenters. The topological polar surface area (TPSA) is 38.5 Å². The Hall–Kier alpha value is -0.480. The van der Waals surface area contributed by atoms with Crippen LogP contribution in [0.2, 0.25) is 10.0 Å². The molecule has 2 rings (SSSR count). The Morgan fingerprint density at radius 1 is 1.44 bits per heavy atom. The summed E-state index contributed by atoms with van der Waals surface area (Å²) in [5.74, 6) is 5.55. The molecule has 0 amide bonds. The molecule has 5 heteroatoms. The zero-order chi connectivity index (χ0) is 11.5. The molecule has 1 atom stereocenters. The monoisotopic (exact) mass is 260 g/mol. The highest BCUT2D eigenvalue weighted by molar-refractivity contribution is 6.35. The van der Waals surface area contributed by atoms with Gasteiger partial charge in [0.05, 0.1) is 17.3 Å². The number of halogens is 2. The summed E-state index contributed by atoms with van der Waals surface area (Å²) in [5.41, 5.74) is 0.994. The Morgan fingerprint density at radius 2 is 2.25 bits per heavy atom. The average Bonchev–Trinajstić information content (AvgIpc) is 2.71. The van der Waals surface area contributed by atoms with Crippen molar-refractivity contribution >= 4 is 28.9 Å². The van der Waals surface area contributed by atoms with E-state index in [1.54, 1.807) is 6.07 Å². The third-order valence-electron chi connectivity index (χ3n) is 2.87. The zero-order valence-corrected chi connectivity index (χ0v) is 10.3. The molecular weight excluding hydrogens is 247 g/mol. The Bertz CT molecular complexity index is 373. The van der Waals surface area contributed by atoms with Gasteiger partial charge >= 0.3 is 0 Å². The second-order valence-electron chi connectivity index (χ2n) is 4.03. The molecular formula is C11H14Cl2N2O. The summed E-state index contributed by atoms with van der Waals surface area (Å²) in [6.07, 6.45) is 1.07. The molecule has 0 radical (unpaired) electrons. The molecule has 16 heavy (non-hydrogen) atoms. The lowest BCUT2D eigenvalue weighted by Crippen LogP contribution is -2.22. The summed E-state index contributed by atoms with van der Waals surface area (Å²) in [6.45, 7) is 2.47.